The number of hydrogen-bond acceptors (Lipinski definition) is 2. The molecule has 0 aromatic heterocycles. The highest BCUT2D eigenvalue weighted by Gasteiger charge is 2.27. The molecule has 1 unspecified atom stereocenters. The van der Waals surface area contributed by atoms with Gasteiger partial charge in [-0.15, -0.1) is 0 Å². The number of aryl methyl sites for hydroxylation is 1. The van der Waals surface area contributed by atoms with Crippen LogP contribution in [0, 0.1) is 12.7 Å². The molecule has 1 aromatic rings. The van der Waals surface area contributed by atoms with Crippen LogP contribution in [0.1, 0.15) is 17.5 Å². The van der Waals surface area contributed by atoms with Gasteiger partial charge in [-0.25, -0.2) is 4.39 Å². The quantitative estimate of drug-likeness (QED) is 0.615. The van der Waals surface area contributed by atoms with Crippen LogP contribution in [0.5, 0.6) is 0 Å². The summed E-state index contributed by atoms with van der Waals surface area (Å²) in [6.45, 7) is 0.656. The Morgan fingerprint density at radius 1 is 1.30 bits per heavy atom. The molecular weight excluding hydrogens is 274 g/mol. The first-order valence-corrected chi connectivity index (χ1v) is 6.38. The fraction of sp³-hybridized carbons (Fsp3) is 0.571. The highest BCUT2D eigenvalue weighted by atomic mass is 19.4. The summed E-state index contributed by atoms with van der Waals surface area (Å²) in [6.07, 6.45) is -3.31. The summed E-state index contributed by atoms with van der Waals surface area (Å²) in [6, 6.07) is 4.48. The lowest BCUT2D eigenvalue weighted by atomic mass is 9.99. The second-order valence-electron chi connectivity index (χ2n) is 4.72. The van der Waals surface area contributed by atoms with Crippen LogP contribution < -0.4 is 5.32 Å². The number of benzene rings is 1. The summed E-state index contributed by atoms with van der Waals surface area (Å²) in [5.74, 6) is -0.311. The standard InChI is InChI=1S/C14H19F4NO/c1-10-3-4-12(15)7-11(10)8-13(19-2)5-6-20-9-14(16,17)18/h3-4,7,13,19H,5-6,8-9H2,1-2H3. The molecule has 0 radical (unpaired) electrons. The molecule has 0 aliphatic heterocycles. The molecule has 0 fully saturated rings. The highest BCUT2D eigenvalue weighted by Crippen LogP contribution is 2.16. The van der Waals surface area contributed by atoms with Gasteiger partial charge in [-0.2, -0.15) is 13.2 Å². The predicted molar refractivity (Wildman–Crippen MR) is 69.2 cm³/mol. The van der Waals surface area contributed by atoms with Crippen molar-refractivity contribution in [2.45, 2.75) is 32.0 Å². The van der Waals surface area contributed by atoms with Crippen LogP contribution in [0.25, 0.3) is 0 Å². The molecule has 1 aromatic carbocycles. The lowest BCUT2D eigenvalue weighted by molar-refractivity contribution is -0.174. The van der Waals surface area contributed by atoms with Crippen LogP contribution in [0.3, 0.4) is 0 Å². The van der Waals surface area contributed by atoms with E-state index in [9.17, 15) is 17.6 Å². The molecule has 0 heterocycles. The molecular formula is C14H19F4NO. The molecule has 6 heteroatoms. The molecule has 0 spiro atoms. The van der Waals surface area contributed by atoms with Gasteiger partial charge in [0.1, 0.15) is 12.4 Å². The van der Waals surface area contributed by atoms with Crippen LogP contribution in [-0.4, -0.2) is 32.5 Å². The van der Waals surface area contributed by atoms with Crippen molar-refractivity contribution in [1.82, 2.24) is 5.32 Å². The minimum Gasteiger partial charge on any atom is -0.372 e. The van der Waals surface area contributed by atoms with E-state index in [0.717, 1.165) is 11.1 Å². The molecule has 1 atom stereocenters. The lowest BCUT2D eigenvalue weighted by Gasteiger charge is -2.18. The Labute approximate surface area is 116 Å². The van der Waals surface area contributed by atoms with E-state index in [1.165, 1.54) is 12.1 Å². The second-order valence-corrected chi connectivity index (χ2v) is 4.72. The average Bonchev–Trinajstić information content (AvgIpc) is 2.36. The van der Waals surface area contributed by atoms with Crippen molar-refractivity contribution in [3.63, 3.8) is 0 Å². The number of likely N-dealkylation sites (N-methyl/N-ethyl adjacent to an activating group) is 1. The van der Waals surface area contributed by atoms with Crippen molar-refractivity contribution in [3.8, 4) is 0 Å². The molecule has 0 amide bonds. The van der Waals surface area contributed by atoms with Crippen molar-refractivity contribution >= 4 is 0 Å². The van der Waals surface area contributed by atoms with Crippen LogP contribution in [0.2, 0.25) is 0 Å². The maximum Gasteiger partial charge on any atom is 0.411 e. The number of nitrogens with one attached hydrogen (secondary N) is 1. The highest BCUT2D eigenvalue weighted by molar-refractivity contribution is 5.27. The third kappa shape index (κ3) is 6.34. The molecule has 0 aliphatic rings. The topological polar surface area (TPSA) is 21.3 Å². The zero-order chi connectivity index (χ0) is 15.2. The first-order chi connectivity index (χ1) is 9.31. The van der Waals surface area contributed by atoms with Crippen molar-refractivity contribution in [1.29, 1.82) is 0 Å². The first-order valence-electron chi connectivity index (χ1n) is 6.38. The molecule has 0 saturated carbocycles. The van der Waals surface area contributed by atoms with Gasteiger partial charge >= 0.3 is 6.18 Å². The van der Waals surface area contributed by atoms with Gasteiger partial charge < -0.3 is 10.1 Å². The summed E-state index contributed by atoms with van der Waals surface area (Å²) in [5, 5.41) is 3.01. The zero-order valence-electron chi connectivity index (χ0n) is 11.6. The fourth-order valence-electron chi connectivity index (χ4n) is 1.89. The zero-order valence-corrected chi connectivity index (χ0v) is 11.6. The number of ether oxygens (including phenoxy) is 1. The maximum atomic E-state index is 13.2. The van der Waals surface area contributed by atoms with Gasteiger partial charge in [0, 0.05) is 12.6 Å². The number of alkyl halides is 3. The monoisotopic (exact) mass is 293 g/mol. The third-order valence-corrected chi connectivity index (χ3v) is 3.06. The van der Waals surface area contributed by atoms with E-state index in [1.807, 2.05) is 6.92 Å². The Morgan fingerprint density at radius 3 is 2.60 bits per heavy atom. The molecule has 1 rings (SSSR count). The third-order valence-electron chi connectivity index (χ3n) is 3.06. The molecule has 0 saturated heterocycles. The van der Waals surface area contributed by atoms with Gasteiger partial charge in [0.2, 0.25) is 0 Å². The molecule has 0 bridgehead atoms. The SMILES string of the molecule is CNC(CCOCC(F)(F)F)Cc1cc(F)ccc1C. The van der Waals surface area contributed by atoms with Crippen molar-refractivity contribution in [3.05, 3.63) is 35.1 Å². The van der Waals surface area contributed by atoms with Crippen molar-refractivity contribution < 1.29 is 22.3 Å². The Morgan fingerprint density at radius 2 is 2.00 bits per heavy atom. The Kier molecular flexibility index (Phi) is 6.42. The van der Waals surface area contributed by atoms with Crippen molar-refractivity contribution in [2.75, 3.05) is 20.3 Å². The minimum atomic E-state index is -4.30. The van der Waals surface area contributed by atoms with E-state index >= 15 is 0 Å². The van der Waals surface area contributed by atoms with E-state index in [-0.39, 0.29) is 18.5 Å². The Bertz CT molecular complexity index is 420. The molecule has 114 valence electrons. The summed E-state index contributed by atoms with van der Waals surface area (Å²) >= 11 is 0. The van der Waals surface area contributed by atoms with E-state index in [1.54, 1.807) is 13.1 Å². The number of rotatable bonds is 7. The summed E-state index contributed by atoms with van der Waals surface area (Å²) < 4.78 is 53.5. The van der Waals surface area contributed by atoms with Gasteiger partial charge in [-0.3, -0.25) is 0 Å². The maximum absolute atomic E-state index is 13.2. The second kappa shape index (κ2) is 7.59. The molecule has 20 heavy (non-hydrogen) atoms. The van der Waals surface area contributed by atoms with Gasteiger partial charge in [-0.05, 0) is 50.1 Å². The number of hydrogen-bond donors (Lipinski definition) is 1. The Balaban J connectivity index is 2.45. The summed E-state index contributed by atoms with van der Waals surface area (Å²) in [7, 11) is 1.73. The van der Waals surface area contributed by atoms with E-state index in [0.29, 0.717) is 12.8 Å². The number of halogens is 4. The van der Waals surface area contributed by atoms with Gasteiger partial charge in [-0.1, -0.05) is 6.07 Å². The lowest BCUT2D eigenvalue weighted by Crippen LogP contribution is -2.30. The van der Waals surface area contributed by atoms with Crippen LogP contribution in [0.4, 0.5) is 17.6 Å². The molecule has 1 N–H and O–H groups in total. The average molecular weight is 293 g/mol. The molecule has 0 aliphatic carbocycles. The van der Waals surface area contributed by atoms with Gasteiger partial charge in [0.05, 0.1) is 0 Å². The van der Waals surface area contributed by atoms with Crippen molar-refractivity contribution in [2.24, 2.45) is 0 Å². The van der Waals surface area contributed by atoms with E-state index in [4.69, 9.17) is 0 Å². The predicted octanol–water partition coefficient (Wildman–Crippen LogP) is 3.23. The smallest absolute Gasteiger partial charge is 0.372 e. The minimum absolute atomic E-state index is 0.0133. The fourth-order valence-corrected chi connectivity index (χ4v) is 1.89. The van der Waals surface area contributed by atoms with Crippen LogP contribution in [0.15, 0.2) is 18.2 Å². The van der Waals surface area contributed by atoms with Gasteiger partial charge in [0.25, 0.3) is 0 Å². The Hall–Kier alpha value is -1.14. The van der Waals surface area contributed by atoms with E-state index < -0.39 is 12.8 Å². The van der Waals surface area contributed by atoms with Crippen LogP contribution in [-0.2, 0) is 11.2 Å². The molecule has 2 nitrogen and oxygen atoms in total. The van der Waals surface area contributed by atoms with E-state index in [2.05, 4.69) is 10.1 Å². The summed E-state index contributed by atoms with van der Waals surface area (Å²) in [4.78, 5) is 0. The summed E-state index contributed by atoms with van der Waals surface area (Å²) in [5.41, 5.74) is 1.81. The van der Waals surface area contributed by atoms with Gasteiger partial charge in [0.15, 0.2) is 0 Å². The van der Waals surface area contributed by atoms with Crippen LogP contribution >= 0.6 is 0 Å². The first kappa shape index (κ1) is 16.9. The normalized spacial score (nSPS) is 13.5. The largest absolute Gasteiger partial charge is 0.411 e.